The SMILES string of the molecule is Cc1ccc2c(N3CC[C@@H](N)C3)nc(-c3ccccc3O)nc2c1.Cc1ccc2c(N3CC[C@@H](NC(=O)OCC(C)(C)C)C3)nc(-c3ccccc3O)nc2c1. The Hall–Kier alpha value is -6.01. The van der Waals surface area contributed by atoms with Crippen LogP contribution in [-0.4, -0.2) is 81.1 Å². The molecule has 0 spiro atoms. The highest BCUT2D eigenvalue weighted by Crippen LogP contribution is 2.35. The summed E-state index contributed by atoms with van der Waals surface area (Å²) in [4.78, 5) is 35.6. The molecule has 1 amide bonds. The molecule has 4 heterocycles. The molecule has 290 valence electrons. The number of nitrogens with two attached hydrogens (primary N) is 1. The Morgan fingerprint density at radius 3 is 1.73 bits per heavy atom. The smallest absolute Gasteiger partial charge is 0.407 e. The van der Waals surface area contributed by atoms with Crippen LogP contribution in [0.3, 0.4) is 0 Å². The second-order valence-corrected chi connectivity index (χ2v) is 16.0. The fraction of sp³-hybridized carbons (Fsp3) is 0.341. The van der Waals surface area contributed by atoms with Crippen molar-refractivity contribution < 1.29 is 19.7 Å². The number of phenolic OH excluding ortho intramolecular Hbond substituents is 2. The molecule has 2 aliphatic rings. The molecule has 0 saturated carbocycles. The van der Waals surface area contributed by atoms with E-state index < -0.39 is 0 Å². The molecule has 2 atom stereocenters. The average molecular weight is 755 g/mol. The molecule has 2 aromatic heterocycles. The highest BCUT2D eigenvalue weighted by atomic mass is 16.5. The topological polar surface area (TPSA) is 163 Å². The monoisotopic (exact) mass is 754 g/mol. The molecule has 2 saturated heterocycles. The van der Waals surface area contributed by atoms with E-state index in [0.717, 1.165) is 77.0 Å². The molecule has 12 nitrogen and oxygen atoms in total. The van der Waals surface area contributed by atoms with Gasteiger partial charge >= 0.3 is 6.09 Å². The van der Waals surface area contributed by atoms with Crippen LogP contribution in [0, 0.1) is 19.3 Å². The number of hydrogen-bond donors (Lipinski definition) is 4. The van der Waals surface area contributed by atoms with Gasteiger partial charge in [-0.25, -0.2) is 24.7 Å². The minimum atomic E-state index is -0.384. The maximum absolute atomic E-state index is 12.2. The number of aromatic nitrogens is 4. The molecule has 0 aliphatic carbocycles. The highest BCUT2D eigenvalue weighted by Gasteiger charge is 2.28. The molecular weight excluding hydrogens is 705 g/mol. The summed E-state index contributed by atoms with van der Waals surface area (Å²) in [6, 6.07) is 26.7. The summed E-state index contributed by atoms with van der Waals surface area (Å²) in [5, 5.41) is 25.5. The quantitative estimate of drug-likeness (QED) is 0.133. The lowest BCUT2D eigenvalue weighted by molar-refractivity contribution is 0.104. The van der Waals surface area contributed by atoms with Gasteiger partial charge in [0.25, 0.3) is 0 Å². The van der Waals surface area contributed by atoms with E-state index >= 15 is 0 Å². The van der Waals surface area contributed by atoms with Gasteiger partial charge in [-0.3, -0.25) is 0 Å². The van der Waals surface area contributed by atoms with Gasteiger partial charge in [-0.05, 0) is 91.8 Å². The molecule has 56 heavy (non-hydrogen) atoms. The lowest BCUT2D eigenvalue weighted by atomic mass is 9.99. The third kappa shape index (κ3) is 8.76. The lowest BCUT2D eigenvalue weighted by Crippen LogP contribution is -2.38. The van der Waals surface area contributed by atoms with Gasteiger partial charge in [-0.15, -0.1) is 0 Å². The molecule has 0 unspecified atom stereocenters. The number of rotatable bonds is 6. The molecule has 6 aromatic rings. The van der Waals surface area contributed by atoms with Gasteiger partial charge in [0.1, 0.15) is 23.1 Å². The Kier molecular flexibility index (Phi) is 10.9. The van der Waals surface area contributed by atoms with Gasteiger partial charge in [0.2, 0.25) is 0 Å². The summed E-state index contributed by atoms with van der Waals surface area (Å²) in [7, 11) is 0. The number of amides is 1. The second kappa shape index (κ2) is 16.0. The predicted molar refractivity (Wildman–Crippen MR) is 222 cm³/mol. The van der Waals surface area contributed by atoms with Gasteiger partial charge < -0.3 is 35.8 Å². The van der Waals surface area contributed by atoms with Crippen LogP contribution in [-0.2, 0) is 4.74 Å². The third-order valence-electron chi connectivity index (χ3n) is 9.92. The fourth-order valence-electron chi connectivity index (χ4n) is 7.03. The molecule has 0 radical (unpaired) electrons. The Morgan fingerprint density at radius 2 is 1.25 bits per heavy atom. The average Bonchev–Trinajstić information content (AvgIpc) is 3.82. The summed E-state index contributed by atoms with van der Waals surface area (Å²) in [6.45, 7) is 13.6. The van der Waals surface area contributed by atoms with E-state index in [-0.39, 0.29) is 35.1 Å². The number of carbonyl (C=O) groups excluding carboxylic acids is 1. The van der Waals surface area contributed by atoms with Crippen molar-refractivity contribution in [3.05, 3.63) is 96.1 Å². The number of para-hydroxylation sites is 2. The molecule has 2 aliphatic heterocycles. The standard InChI is InChI=1S/C25H30N4O3.C19H20N4O/c1-16-9-10-18-20(13-16)27-22(19-7-5-6-8-21(19)30)28-23(18)29-12-11-17(14-29)26-24(31)32-15-25(2,3)4;1-12-6-7-14-16(10-12)21-18(15-4-2-3-5-17(15)24)22-19(14)23-9-8-13(20)11-23/h5-10,13,17,30H,11-12,14-15H2,1-4H3,(H,26,31);2-7,10,13,24H,8-9,11,20H2,1H3/t17-;13-/m11/s1. The Balaban J connectivity index is 0.000000178. The van der Waals surface area contributed by atoms with Crippen molar-refractivity contribution in [1.29, 1.82) is 0 Å². The largest absolute Gasteiger partial charge is 0.507 e. The number of nitrogens with one attached hydrogen (secondary N) is 1. The predicted octanol–water partition coefficient (Wildman–Crippen LogP) is 7.51. The number of hydrogen-bond acceptors (Lipinski definition) is 11. The van der Waals surface area contributed by atoms with Crippen molar-refractivity contribution in [3.8, 4) is 34.3 Å². The normalized spacial score (nSPS) is 16.9. The maximum Gasteiger partial charge on any atom is 0.407 e. The number of benzene rings is 4. The molecule has 2 fully saturated rings. The number of aromatic hydroxyl groups is 2. The number of ether oxygens (including phenoxy) is 1. The van der Waals surface area contributed by atoms with Crippen LogP contribution in [0.25, 0.3) is 44.6 Å². The first kappa shape index (κ1) is 38.3. The third-order valence-corrected chi connectivity index (χ3v) is 9.92. The van der Waals surface area contributed by atoms with Gasteiger partial charge in [0.05, 0.1) is 34.8 Å². The number of alkyl carbamates (subject to hydrolysis) is 1. The lowest BCUT2D eigenvalue weighted by Gasteiger charge is -2.21. The van der Waals surface area contributed by atoms with Crippen molar-refractivity contribution in [2.24, 2.45) is 11.1 Å². The molecule has 4 aromatic carbocycles. The van der Waals surface area contributed by atoms with E-state index in [4.69, 9.17) is 25.4 Å². The van der Waals surface area contributed by atoms with Crippen molar-refractivity contribution >= 4 is 39.5 Å². The number of phenols is 2. The van der Waals surface area contributed by atoms with Gasteiger partial charge in [-0.1, -0.05) is 57.2 Å². The molecule has 5 N–H and O–H groups in total. The van der Waals surface area contributed by atoms with Crippen molar-refractivity contribution in [1.82, 2.24) is 25.3 Å². The summed E-state index contributed by atoms with van der Waals surface area (Å²) in [5.74, 6) is 3.06. The summed E-state index contributed by atoms with van der Waals surface area (Å²) >= 11 is 0. The zero-order chi connectivity index (χ0) is 39.6. The Bertz CT molecular complexity index is 2380. The minimum Gasteiger partial charge on any atom is -0.507 e. The van der Waals surface area contributed by atoms with E-state index in [1.807, 2.05) is 77.1 Å². The summed E-state index contributed by atoms with van der Waals surface area (Å²) < 4.78 is 5.36. The maximum atomic E-state index is 12.2. The van der Waals surface area contributed by atoms with Gasteiger partial charge in [0.15, 0.2) is 11.6 Å². The minimum absolute atomic E-state index is 0.0217. The van der Waals surface area contributed by atoms with Crippen LogP contribution in [0.1, 0.15) is 44.7 Å². The zero-order valence-corrected chi connectivity index (χ0v) is 32.7. The summed E-state index contributed by atoms with van der Waals surface area (Å²) in [6.07, 6.45) is 1.38. The first-order chi connectivity index (χ1) is 26.8. The van der Waals surface area contributed by atoms with Crippen LogP contribution in [0.4, 0.5) is 16.4 Å². The highest BCUT2D eigenvalue weighted by molar-refractivity contribution is 5.93. The van der Waals surface area contributed by atoms with E-state index in [2.05, 4.69) is 38.3 Å². The number of carbonyl (C=O) groups is 1. The molecule has 0 bridgehead atoms. The number of nitrogens with zero attached hydrogens (tertiary/aromatic N) is 6. The Morgan fingerprint density at radius 1 is 0.750 bits per heavy atom. The van der Waals surface area contributed by atoms with Crippen molar-refractivity contribution in [3.63, 3.8) is 0 Å². The first-order valence-electron chi connectivity index (χ1n) is 19.1. The number of fused-ring (bicyclic) bond motifs is 2. The molecule has 8 rings (SSSR count). The first-order valence-corrected chi connectivity index (χ1v) is 19.1. The number of aryl methyl sites for hydroxylation is 2. The van der Waals surface area contributed by atoms with Crippen molar-refractivity contribution in [2.75, 3.05) is 42.6 Å². The van der Waals surface area contributed by atoms with E-state index in [9.17, 15) is 15.0 Å². The Labute approximate surface area is 327 Å². The van der Waals surface area contributed by atoms with E-state index in [1.54, 1.807) is 24.3 Å². The second-order valence-electron chi connectivity index (χ2n) is 16.0. The van der Waals surface area contributed by atoms with Crippen LogP contribution in [0.2, 0.25) is 0 Å². The molecular formula is C44H50N8O4. The van der Waals surface area contributed by atoms with E-state index in [0.29, 0.717) is 35.9 Å². The van der Waals surface area contributed by atoms with Crippen molar-refractivity contribution in [2.45, 2.75) is 59.5 Å². The molecule has 12 heteroatoms. The van der Waals surface area contributed by atoms with Crippen LogP contribution >= 0.6 is 0 Å². The van der Waals surface area contributed by atoms with Crippen LogP contribution in [0.5, 0.6) is 11.5 Å². The van der Waals surface area contributed by atoms with Gasteiger partial charge in [-0.2, -0.15) is 0 Å². The van der Waals surface area contributed by atoms with Crippen LogP contribution < -0.4 is 20.9 Å². The fourth-order valence-corrected chi connectivity index (χ4v) is 7.03. The number of anilines is 2. The van der Waals surface area contributed by atoms with Gasteiger partial charge in [0, 0.05) is 43.0 Å². The zero-order valence-electron chi connectivity index (χ0n) is 32.7. The van der Waals surface area contributed by atoms with Crippen LogP contribution in [0.15, 0.2) is 84.9 Å². The van der Waals surface area contributed by atoms with E-state index in [1.165, 1.54) is 0 Å². The summed E-state index contributed by atoms with van der Waals surface area (Å²) in [5.41, 5.74) is 11.2.